The Balaban J connectivity index is 2.86. The van der Waals surface area contributed by atoms with Gasteiger partial charge in [0.1, 0.15) is 0 Å². The number of aromatic nitrogens is 2. The van der Waals surface area contributed by atoms with Crippen LogP contribution in [0.4, 0.5) is 0 Å². The quantitative estimate of drug-likeness (QED) is 0.565. The minimum Gasteiger partial charge on any atom is -0.377 e. The number of nitrogens with zero attached hydrogens (tertiary/aromatic N) is 2. The molecule has 0 saturated heterocycles. The van der Waals surface area contributed by atoms with Crippen molar-refractivity contribution < 1.29 is 4.74 Å². The predicted octanol–water partition coefficient (Wildman–Crippen LogP) is 1.22. The summed E-state index contributed by atoms with van der Waals surface area (Å²) in [5, 5.41) is 4.29. The highest BCUT2D eigenvalue weighted by Gasteiger charge is 2.30. The molecule has 5 nitrogen and oxygen atoms in total. The average molecular weight is 226 g/mol. The number of rotatable bonds is 6. The molecule has 0 radical (unpaired) electrons. The molecule has 3 N–H and O–H groups in total. The summed E-state index contributed by atoms with van der Waals surface area (Å²) < 4.78 is 7.36. The van der Waals surface area contributed by atoms with Gasteiger partial charge in [-0.1, -0.05) is 6.92 Å². The second-order valence-corrected chi connectivity index (χ2v) is 4.44. The highest BCUT2D eigenvalue weighted by atomic mass is 16.5. The Morgan fingerprint density at radius 3 is 2.81 bits per heavy atom. The predicted molar refractivity (Wildman–Crippen MR) is 63.7 cm³/mol. The van der Waals surface area contributed by atoms with Gasteiger partial charge >= 0.3 is 0 Å². The van der Waals surface area contributed by atoms with E-state index in [9.17, 15) is 0 Å². The Kier molecular flexibility index (Phi) is 4.46. The molecule has 0 aliphatic rings. The number of nitrogens with two attached hydrogens (primary N) is 1. The van der Waals surface area contributed by atoms with E-state index in [0.717, 1.165) is 18.5 Å². The van der Waals surface area contributed by atoms with Crippen molar-refractivity contribution in [3.63, 3.8) is 0 Å². The number of aryl methyl sites for hydroxylation is 1. The number of hydrazine groups is 1. The first-order valence-corrected chi connectivity index (χ1v) is 5.58. The van der Waals surface area contributed by atoms with E-state index >= 15 is 0 Å². The van der Waals surface area contributed by atoms with Crippen molar-refractivity contribution in [3.05, 3.63) is 18.0 Å². The number of nitrogens with one attached hydrogen (secondary N) is 1. The largest absolute Gasteiger partial charge is 0.377 e. The molecule has 0 amide bonds. The van der Waals surface area contributed by atoms with Crippen LogP contribution in [0.15, 0.2) is 12.4 Å². The van der Waals surface area contributed by atoms with Gasteiger partial charge < -0.3 is 4.74 Å². The Hall–Kier alpha value is -0.910. The summed E-state index contributed by atoms with van der Waals surface area (Å²) >= 11 is 0. The summed E-state index contributed by atoms with van der Waals surface area (Å²) in [6, 6.07) is -0.0666. The van der Waals surface area contributed by atoms with Crippen LogP contribution in [0.3, 0.4) is 0 Å². The smallest absolute Gasteiger partial charge is 0.0830 e. The molecule has 0 bridgehead atoms. The second kappa shape index (κ2) is 5.43. The third-order valence-corrected chi connectivity index (χ3v) is 2.83. The van der Waals surface area contributed by atoms with E-state index < -0.39 is 0 Å². The summed E-state index contributed by atoms with van der Waals surface area (Å²) in [4.78, 5) is 0. The topological polar surface area (TPSA) is 65.1 Å². The van der Waals surface area contributed by atoms with E-state index in [2.05, 4.69) is 17.4 Å². The fourth-order valence-electron chi connectivity index (χ4n) is 1.70. The molecule has 0 fully saturated rings. The van der Waals surface area contributed by atoms with Crippen LogP contribution >= 0.6 is 0 Å². The van der Waals surface area contributed by atoms with Gasteiger partial charge in [0.25, 0.3) is 0 Å². The zero-order chi connectivity index (χ0) is 12.2. The zero-order valence-corrected chi connectivity index (χ0v) is 10.5. The number of methoxy groups -OCH3 is 1. The second-order valence-electron chi connectivity index (χ2n) is 4.44. The molecular weight excluding hydrogens is 204 g/mol. The van der Waals surface area contributed by atoms with E-state index in [1.54, 1.807) is 7.11 Å². The number of ether oxygens (including phenoxy) is 1. The molecule has 0 saturated carbocycles. The molecule has 1 atom stereocenters. The maximum absolute atomic E-state index is 5.58. The SMILES string of the molecule is CCCn1cc(C(NN)C(C)(C)OC)cn1. The van der Waals surface area contributed by atoms with Crippen LogP contribution in [-0.2, 0) is 11.3 Å². The standard InChI is InChI=1S/C11H22N4O/c1-5-6-15-8-9(7-13-15)10(14-12)11(2,3)16-4/h7-8,10,14H,5-6,12H2,1-4H3. The van der Waals surface area contributed by atoms with Crippen LogP contribution in [0, 0.1) is 0 Å². The molecule has 0 aliphatic heterocycles. The zero-order valence-electron chi connectivity index (χ0n) is 10.5. The van der Waals surface area contributed by atoms with E-state index in [-0.39, 0.29) is 11.6 Å². The molecular formula is C11H22N4O. The van der Waals surface area contributed by atoms with Gasteiger partial charge in [-0.05, 0) is 20.3 Å². The summed E-state index contributed by atoms with van der Waals surface area (Å²) in [6.07, 6.45) is 4.91. The summed E-state index contributed by atoms with van der Waals surface area (Å²) in [7, 11) is 1.68. The van der Waals surface area contributed by atoms with Crippen LogP contribution in [0.25, 0.3) is 0 Å². The van der Waals surface area contributed by atoms with Crippen molar-refractivity contribution in [2.45, 2.75) is 45.4 Å². The lowest BCUT2D eigenvalue weighted by atomic mass is 9.94. The molecule has 1 rings (SSSR count). The van der Waals surface area contributed by atoms with Crippen molar-refractivity contribution in [1.82, 2.24) is 15.2 Å². The normalized spacial score (nSPS) is 14.1. The lowest BCUT2D eigenvalue weighted by Gasteiger charge is -2.31. The van der Waals surface area contributed by atoms with Crippen LogP contribution in [-0.4, -0.2) is 22.5 Å². The molecule has 0 aliphatic carbocycles. The van der Waals surface area contributed by atoms with Gasteiger partial charge in [-0.25, -0.2) is 5.43 Å². The third kappa shape index (κ3) is 2.81. The number of hydrogen-bond acceptors (Lipinski definition) is 4. The van der Waals surface area contributed by atoms with Crippen LogP contribution < -0.4 is 11.3 Å². The molecule has 92 valence electrons. The highest BCUT2D eigenvalue weighted by Crippen LogP contribution is 2.27. The van der Waals surface area contributed by atoms with Crippen LogP contribution in [0.1, 0.15) is 38.8 Å². The van der Waals surface area contributed by atoms with Gasteiger partial charge in [-0.15, -0.1) is 0 Å². The van der Waals surface area contributed by atoms with Gasteiger partial charge in [-0.3, -0.25) is 10.5 Å². The van der Waals surface area contributed by atoms with Crippen molar-refractivity contribution in [1.29, 1.82) is 0 Å². The van der Waals surface area contributed by atoms with Gasteiger partial charge in [0, 0.05) is 25.4 Å². The van der Waals surface area contributed by atoms with Crippen molar-refractivity contribution in [2.75, 3.05) is 7.11 Å². The van der Waals surface area contributed by atoms with Gasteiger partial charge in [0.05, 0.1) is 17.8 Å². The molecule has 5 heteroatoms. The third-order valence-electron chi connectivity index (χ3n) is 2.83. The molecule has 1 aromatic rings. The van der Waals surface area contributed by atoms with Crippen LogP contribution in [0.2, 0.25) is 0 Å². The van der Waals surface area contributed by atoms with E-state index in [0.29, 0.717) is 0 Å². The Morgan fingerprint density at radius 1 is 1.62 bits per heavy atom. The lowest BCUT2D eigenvalue weighted by Crippen LogP contribution is -2.43. The van der Waals surface area contributed by atoms with Crippen molar-refractivity contribution in [2.24, 2.45) is 5.84 Å². The summed E-state index contributed by atoms with van der Waals surface area (Å²) in [5.41, 5.74) is 3.46. The van der Waals surface area contributed by atoms with Crippen molar-refractivity contribution >= 4 is 0 Å². The molecule has 0 spiro atoms. The Bertz CT molecular complexity index is 322. The molecule has 1 heterocycles. The first kappa shape index (κ1) is 13.2. The first-order valence-electron chi connectivity index (χ1n) is 5.58. The van der Waals surface area contributed by atoms with Gasteiger partial charge in [0.15, 0.2) is 0 Å². The highest BCUT2D eigenvalue weighted by molar-refractivity contribution is 5.14. The van der Waals surface area contributed by atoms with Gasteiger partial charge in [-0.2, -0.15) is 5.10 Å². The molecule has 1 unspecified atom stereocenters. The van der Waals surface area contributed by atoms with Crippen LogP contribution in [0.5, 0.6) is 0 Å². The fourth-order valence-corrected chi connectivity index (χ4v) is 1.70. The average Bonchev–Trinajstić information content (AvgIpc) is 2.68. The Morgan fingerprint density at radius 2 is 2.31 bits per heavy atom. The van der Waals surface area contributed by atoms with E-state index in [4.69, 9.17) is 10.6 Å². The summed E-state index contributed by atoms with van der Waals surface area (Å²) in [5.74, 6) is 5.58. The minimum atomic E-state index is -0.366. The number of hydrogen-bond donors (Lipinski definition) is 2. The Labute approximate surface area is 96.9 Å². The van der Waals surface area contributed by atoms with Crippen molar-refractivity contribution in [3.8, 4) is 0 Å². The van der Waals surface area contributed by atoms with E-state index in [1.165, 1.54) is 0 Å². The fraction of sp³-hybridized carbons (Fsp3) is 0.727. The maximum Gasteiger partial charge on any atom is 0.0830 e. The van der Waals surface area contributed by atoms with E-state index in [1.807, 2.05) is 30.9 Å². The maximum atomic E-state index is 5.58. The first-order chi connectivity index (χ1) is 7.55. The minimum absolute atomic E-state index is 0.0666. The molecule has 0 aromatic carbocycles. The van der Waals surface area contributed by atoms with Gasteiger partial charge in [0.2, 0.25) is 0 Å². The molecule has 16 heavy (non-hydrogen) atoms. The monoisotopic (exact) mass is 226 g/mol. The lowest BCUT2D eigenvalue weighted by molar-refractivity contribution is -0.0111. The molecule has 1 aromatic heterocycles. The summed E-state index contributed by atoms with van der Waals surface area (Å²) in [6.45, 7) is 7.03.